The summed E-state index contributed by atoms with van der Waals surface area (Å²) in [5.74, 6) is 1.40. The van der Waals surface area contributed by atoms with Gasteiger partial charge in [0.2, 0.25) is 0 Å². The topological polar surface area (TPSA) is 69.4 Å². The molecule has 0 saturated heterocycles. The third kappa shape index (κ3) is 2.98. The molecule has 0 aliphatic heterocycles. The molecule has 0 radical (unpaired) electrons. The van der Waals surface area contributed by atoms with Crippen molar-refractivity contribution in [2.75, 3.05) is 13.7 Å². The molecule has 0 fully saturated rings. The third-order valence-corrected chi connectivity index (χ3v) is 2.40. The van der Waals surface area contributed by atoms with Crippen molar-refractivity contribution in [3.8, 4) is 11.5 Å². The van der Waals surface area contributed by atoms with E-state index in [0.717, 1.165) is 0 Å². The van der Waals surface area contributed by atoms with Gasteiger partial charge in [-0.25, -0.2) is 4.68 Å². The van der Waals surface area contributed by atoms with E-state index in [2.05, 4.69) is 10.3 Å². The van der Waals surface area contributed by atoms with Crippen LogP contribution in [0.15, 0.2) is 30.5 Å². The Hall–Kier alpha value is -2.08. The molecule has 0 unspecified atom stereocenters. The zero-order chi connectivity index (χ0) is 12.8. The fourth-order valence-corrected chi connectivity index (χ4v) is 1.51. The van der Waals surface area contributed by atoms with Crippen LogP contribution in [0.3, 0.4) is 0 Å². The lowest BCUT2D eigenvalue weighted by atomic mass is 10.3. The molecule has 0 spiro atoms. The number of hydrogen-bond acceptors (Lipinski definition) is 5. The molecule has 96 valence electrons. The molecular formula is C12H15N3O3. The highest BCUT2D eigenvalue weighted by atomic mass is 16.5. The minimum Gasteiger partial charge on any atom is -0.493 e. The molecule has 1 N–H and O–H groups in total. The van der Waals surface area contributed by atoms with Crippen molar-refractivity contribution in [1.82, 2.24) is 15.0 Å². The highest BCUT2D eigenvalue weighted by Crippen LogP contribution is 2.25. The van der Waals surface area contributed by atoms with E-state index in [1.807, 2.05) is 24.3 Å². The van der Waals surface area contributed by atoms with Crippen LogP contribution in [0.4, 0.5) is 0 Å². The first kappa shape index (κ1) is 12.4. The summed E-state index contributed by atoms with van der Waals surface area (Å²) in [5.41, 5.74) is 0.548. The third-order valence-electron chi connectivity index (χ3n) is 2.40. The number of hydrogen-bond donors (Lipinski definition) is 1. The average molecular weight is 249 g/mol. The molecule has 0 atom stereocenters. The maximum absolute atomic E-state index is 8.86. The van der Waals surface area contributed by atoms with E-state index in [1.54, 1.807) is 18.0 Å². The number of methoxy groups -OCH3 is 1. The summed E-state index contributed by atoms with van der Waals surface area (Å²) in [6.07, 6.45) is 1.69. The zero-order valence-electron chi connectivity index (χ0n) is 10.1. The highest BCUT2D eigenvalue weighted by Gasteiger charge is 2.03. The van der Waals surface area contributed by atoms with Crippen molar-refractivity contribution < 1.29 is 14.6 Å². The molecular weight excluding hydrogens is 234 g/mol. The molecule has 2 rings (SSSR count). The van der Waals surface area contributed by atoms with Gasteiger partial charge in [-0.15, -0.1) is 5.10 Å². The van der Waals surface area contributed by atoms with Gasteiger partial charge in [0, 0.05) is 0 Å². The largest absolute Gasteiger partial charge is 0.493 e. The molecule has 0 bridgehead atoms. The first-order valence-electron chi connectivity index (χ1n) is 5.59. The van der Waals surface area contributed by atoms with E-state index in [1.165, 1.54) is 0 Å². The summed E-state index contributed by atoms with van der Waals surface area (Å²) in [7, 11) is 1.60. The van der Waals surface area contributed by atoms with E-state index < -0.39 is 0 Å². The van der Waals surface area contributed by atoms with Crippen LogP contribution < -0.4 is 9.47 Å². The van der Waals surface area contributed by atoms with Crippen LogP contribution in [-0.2, 0) is 13.2 Å². The summed E-state index contributed by atoms with van der Waals surface area (Å²) >= 11 is 0. The minimum absolute atomic E-state index is 0.104. The SMILES string of the molecule is COc1ccccc1OCCn1cc(CO)nn1. The van der Waals surface area contributed by atoms with Gasteiger partial charge >= 0.3 is 0 Å². The van der Waals surface area contributed by atoms with Crippen molar-refractivity contribution in [1.29, 1.82) is 0 Å². The van der Waals surface area contributed by atoms with Crippen LogP contribution in [0, 0.1) is 0 Å². The van der Waals surface area contributed by atoms with E-state index in [9.17, 15) is 0 Å². The number of rotatable bonds is 6. The number of ether oxygens (including phenoxy) is 2. The minimum atomic E-state index is -0.104. The van der Waals surface area contributed by atoms with Gasteiger partial charge in [-0.1, -0.05) is 17.3 Å². The van der Waals surface area contributed by atoms with E-state index in [4.69, 9.17) is 14.6 Å². The van der Waals surface area contributed by atoms with Crippen LogP contribution in [0.1, 0.15) is 5.69 Å². The quantitative estimate of drug-likeness (QED) is 0.822. The van der Waals surface area contributed by atoms with Crippen molar-refractivity contribution in [3.63, 3.8) is 0 Å². The lowest BCUT2D eigenvalue weighted by molar-refractivity contribution is 0.272. The molecule has 18 heavy (non-hydrogen) atoms. The highest BCUT2D eigenvalue weighted by molar-refractivity contribution is 5.39. The van der Waals surface area contributed by atoms with Crippen molar-refractivity contribution in [2.45, 2.75) is 13.2 Å². The summed E-state index contributed by atoms with van der Waals surface area (Å²) in [6.45, 7) is 0.910. The molecule has 0 amide bonds. The summed E-state index contributed by atoms with van der Waals surface area (Å²) in [5, 5.41) is 16.5. The molecule has 6 nitrogen and oxygen atoms in total. The predicted molar refractivity (Wildman–Crippen MR) is 64.4 cm³/mol. The molecule has 6 heteroatoms. The molecule has 1 heterocycles. The first-order valence-corrected chi connectivity index (χ1v) is 5.59. The van der Waals surface area contributed by atoms with E-state index in [-0.39, 0.29) is 6.61 Å². The van der Waals surface area contributed by atoms with Crippen LogP contribution >= 0.6 is 0 Å². The van der Waals surface area contributed by atoms with Gasteiger partial charge in [-0.2, -0.15) is 0 Å². The molecule has 2 aromatic rings. The Morgan fingerprint density at radius 1 is 1.28 bits per heavy atom. The second-order valence-electron chi connectivity index (χ2n) is 3.63. The average Bonchev–Trinajstić information content (AvgIpc) is 2.87. The molecule has 0 saturated carbocycles. The fourth-order valence-electron chi connectivity index (χ4n) is 1.51. The molecule has 0 aliphatic rings. The van der Waals surface area contributed by atoms with Crippen molar-refractivity contribution >= 4 is 0 Å². The maximum atomic E-state index is 8.86. The second-order valence-corrected chi connectivity index (χ2v) is 3.63. The van der Waals surface area contributed by atoms with Gasteiger partial charge in [-0.05, 0) is 12.1 Å². The zero-order valence-corrected chi connectivity index (χ0v) is 10.1. The van der Waals surface area contributed by atoms with E-state index >= 15 is 0 Å². The lowest BCUT2D eigenvalue weighted by Crippen LogP contribution is -2.09. The van der Waals surface area contributed by atoms with Crippen LogP contribution in [0.5, 0.6) is 11.5 Å². The monoisotopic (exact) mass is 249 g/mol. The van der Waals surface area contributed by atoms with Crippen LogP contribution in [-0.4, -0.2) is 33.8 Å². The molecule has 1 aromatic heterocycles. The number of benzene rings is 1. The Morgan fingerprint density at radius 3 is 2.72 bits per heavy atom. The van der Waals surface area contributed by atoms with Gasteiger partial charge in [0.05, 0.1) is 26.5 Å². The second kappa shape index (κ2) is 6.02. The van der Waals surface area contributed by atoms with Crippen molar-refractivity contribution in [2.24, 2.45) is 0 Å². The van der Waals surface area contributed by atoms with Gasteiger partial charge < -0.3 is 14.6 Å². The standard InChI is InChI=1S/C12H15N3O3/c1-17-11-4-2-3-5-12(11)18-7-6-15-8-10(9-16)13-14-15/h2-5,8,16H,6-7,9H2,1H3. The Labute approximate surface area is 105 Å². The number of nitrogens with zero attached hydrogens (tertiary/aromatic N) is 3. The predicted octanol–water partition coefficient (Wildman–Crippen LogP) is 0.858. The summed E-state index contributed by atoms with van der Waals surface area (Å²) in [4.78, 5) is 0. The van der Waals surface area contributed by atoms with Crippen molar-refractivity contribution in [3.05, 3.63) is 36.2 Å². The fraction of sp³-hybridized carbons (Fsp3) is 0.333. The lowest BCUT2D eigenvalue weighted by Gasteiger charge is -2.09. The van der Waals surface area contributed by atoms with Gasteiger partial charge in [-0.3, -0.25) is 0 Å². The normalized spacial score (nSPS) is 10.3. The number of aliphatic hydroxyl groups excluding tert-OH is 1. The van der Waals surface area contributed by atoms with E-state index in [0.29, 0.717) is 30.3 Å². The van der Waals surface area contributed by atoms with Gasteiger partial charge in [0.15, 0.2) is 11.5 Å². The van der Waals surface area contributed by atoms with Gasteiger partial charge in [0.25, 0.3) is 0 Å². The molecule has 1 aromatic carbocycles. The Morgan fingerprint density at radius 2 is 2.06 bits per heavy atom. The Bertz CT molecular complexity index is 499. The Balaban J connectivity index is 1.88. The number of para-hydroxylation sites is 2. The number of aromatic nitrogens is 3. The molecule has 0 aliphatic carbocycles. The summed E-state index contributed by atoms with van der Waals surface area (Å²) < 4.78 is 12.4. The smallest absolute Gasteiger partial charge is 0.161 e. The van der Waals surface area contributed by atoms with Gasteiger partial charge in [0.1, 0.15) is 12.3 Å². The maximum Gasteiger partial charge on any atom is 0.161 e. The van der Waals surface area contributed by atoms with Crippen LogP contribution in [0.25, 0.3) is 0 Å². The number of aliphatic hydroxyl groups is 1. The summed E-state index contributed by atoms with van der Waals surface area (Å²) in [6, 6.07) is 7.46. The first-order chi connectivity index (χ1) is 8.83. The Kier molecular flexibility index (Phi) is 4.14. The van der Waals surface area contributed by atoms with Crippen LogP contribution in [0.2, 0.25) is 0 Å².